The summed E-state index contributed by atoms with van der Waals surface area (Å²) in [5.41, 5.74) is 0.906. The molecule has 2 fully saturated rings. The zero-order valence-electron chi connectivity index (χ0n) is 36.0. The largest absolute Gasteiger partial charge is 0.464 e. The van der Waals surface area contributed by atoms with Crippen molar-refractivity contribution in [2.24, 2.45) is 7.05 Å². The Morgan fingerprint density at radius 1 is 1.12 bits per heavy atom. The van der Waals surface area contributed by atoms with E-state index in [0.29, 0.717) is 43.0 Å². The zero-order valence-corrected chi connectivity index (χ0v) is 28.6. The van der Waals surface area contributed by atoms with Crippen LogP contribution in [0.5, 0.6) is 0 Å². The molecule has 48 heavy (non-hydrogen) atoms. The Kier molecular flexibility index (Phi) is 6.56. The number of piperidine rings is 1. The van der Waals surface area contributed by atoms with E-state index in [1.165, 1.54) is 18.3 Å². The number of hydrogen-bond donors (Lipinski definition) is 0. The summed E-state index contributed by atoms with van der Waals surface area (Å²) in [6, 6.07) is 14.9. The molecule has 5 aromatic rings. The molecule has 2 aromatic heterocycles. The second-order valence-corrected chi connectivity index (χ2v) is 14.0. The minimum atomic E-state index is -3.78. The maximum absolute atomic E-state index is 14.0. The predicted molar refractivity (Wildman–Crippen MR) is 193 cm³/mol. The highest BCUT2D eigenvalue weighted by Gasteiger charge is 2.34. The molecule has 2 aliphatic heterocycles. The molecule has 0 saturated carbocycles. The molecule has 0 spiro atoms. The Balaban J connectivity index is 1.39. The van der Waals surface area contributed by atoms with Crippen molar-refractivity contribution in [2.45, 2.75) is 70.9 Å². The number of carbonyl (C=O) groups excluding carboxylic acids is 1. The zero-order chi connectivity index (χ0) is 41.2. The number of aryl methyl sites for hydroxylation is 2. The molecule has 10 heteroatoms. The highest BCUT2D eigenvalue weighted by Crippen LogP contribution is 2.45. The third-order valence-electron chi connectivity index (χ3n) is 9.30. The van der Waals surface area contributed by atoms with Crippen LogP contribution in [0, 0.1) is 6.92 Å². The molecule has 0 N–H and O–H groups in total. The molecule has 252 valence electrons. The average molecular weight is 696 g/mol. The molecular formula is C38H43ClN4O4S. The third kappa shape index (κ3) is 6.39. The number of esters is 1. The van der Waals surface area contributed by atoms with Crippen LogP contribution in [-0.2, 0) is 26.1 Å². The molecule has 0 unspecified atom stereocenters. The number of halogens is 1. The first-order valence-corrected chi connectivity index (χ1v) is 17.3. The van der Waals surface area contributed by atoms with Gasteiger partial charge < -0.3 is 14.2 Å². The van der Waals surface area contributed by atoms with Crippen molar-refractivity contribution in [3.05, 3.63) is 70.4 Å². The van der Waals surface area contributed by atoms with Crippen molar-refractivity contribution < 1.29 is 31.3 Å². The Labute approximate surface area is 303 Å². The van der Waals surface area contributed by atoms with Gasteiger partial charge in [-0.3, -0.25) is 9.58 Å². The summed E-state index contributed by atoms with van der Waals surface area (Å²) in [6.07, 6.45) is -0.127. The number of nitrogens with zero attached hydrogens (tertiary/aromatic N) is 4. The number of hydrogen-bond acceptors (Lipinski definition) is 8. The molecule has 0 radical (unpaired) electrons. The van der Waals surface area contributed by atoms with Crippen molar-refractivity contribution in [2.75, 3.05) is 32.9 Å². The SMILES string of the molecule is [2H]C([2H])([2H])C(O[C@H](C(=O)OCC)c1c(C)cc2nc(-c3ccc4c(c3)c(C3CCN(C5COC5)CC3)nn4C)sc2c1-c1ccc(Cl)cc1)(C([2H])([2H])[2H])C([2H])([2H])[2H]. The monoisotopic (exact) mass is 695 g/mol. The number of likely N-dealkylation sites (tertiary alicyclic amines) is 1. The van der Waals surface area contributed by atoms with Gasteiger partial charge in [0.2, 0.25) is 0 Å². The lowest BCUT2D eigenvalue weighted by atomic mass is 9.90. The molecule has 7 rings (SSSR count). The lowest BCUT2D eigenvalue weighted by Gasteiger charge is -2.41. The highest BCUT2D eigenvalue weighted by molar-refractivity contribution is 7.22. The van der Waals surface area contributed by atoms with Crippen LogP contribution in [0.3, 0.4) is 0 Å². The van der Waals surface area contributed by atoms with Gasteiger partial charge in [0.1, 0.15) is 5.01 Å². The molecular weight excluding hydrogens is 644 g/mol. The number of rotatable bonds is 8. The molecule has 1 atom stereocenters. The van der Waals surface area contributed by atoms with E-state index in [1.54, 1.807) is 37.3 Å². The van der Waals surface area contributed by atoms with Crippen molar-refractivity contribution in [1.82, 2.24) is 19.7 Å². The van der Waals surface area contributed by atoms with E-state index < -0.39 is 38.2 Å². The van der Waals surface area contributed by atoms with Gasteiger partial charge in [-0.25, -0.2) is 9.78 Å². The highest BCUT2D eigenvalue weighted by atomic mass is 35.5. The second kappa shape index (κ2) is 13.2. The van der Waals surface area contributed by atoms with Crippen LogP contribution in [0.25, 0.3) is 42.8 Å². The fourth-order valence-electron chi connectivity index (χ4n) is 6.89. The quantitative estimate of drug-likeness (QED) is 0.151. The summed E-state index contributed by atoms with van der Waals surface area (Å²) in [4.78, 5) is 21.5. The number of benzene rings is 3. The maximum Gasteiger partial charge on any atom is 0.339 e. The maximum atomic E-state index is 14.0. The minimum absolute atomic E-state index is 0.0467. The number of ether oxygens (including phenoxy) is 3. The van der Waals surface area contributed by atoms with Gasteiger partial charge in [0.15, 0.2) is 6.10 Å². The number of fused-ring (bicyclic) bond motifs is 2. The standard InChI is InChI=1S/C38H43ClN4O4S/c1-7-46-37(44)34(47-38(3,4)5)31-22(2)18-29-35(32(31)23-8-11-26(39)12-9-23)48-36(40-29)25-10-13-30-28(19-25)33(41-42(30)6)24-14-16-43(17-15-24)27-20-45-21-27/h8-13,18-19,24,27,34H,7,14-17,20-21H2,1-6H3/t34-/m0/s1/i3D3,4D3,5D3. The van der Waals surface area contributed by atoms with Crippen LogP contribution in [0.15, 0.2) is 48.5 Å². The van der Waals surface area contributed by atoms with Crippen molar-refractivity contribution in [3.8, 4) is 21.7 Å². The number of thiazole rings is 1. The van der Waals surface area contributed by atoms with E-state index in [1.807, 2.05) is 23.9 Å². The van der Waals surface area contributed by atoms with E-state index in [0.717, 1.165) is 61.3 Å². The summed E-state index contributed by atoms with van der Waals surface area (Å²) in [5, 5.41) is 7.07. The molecule has 0 bridgehead atoms. The number of carbonyl (C=O) groups is 1. The van der Waals surface area contributed by atoms with Gasteiger partial charge in [-0.05, 0) is 108 Å². The van der Waals surface area contributed by atoms with Crippen molar-refractivity contribution in [1.29, 1.82) is 0 Å². The lowest BCUT2D eigenvalue weighted by molar-refractivity contribution is -0.166. The van der Waals surface area contributed by atoms with Crippen molar-refractivity contribution in [3.63, 3.8) is 0 Å². The van der Waals surface area contributed by atoms with Gasteiger partial charge in [0.25, 0.3) is 0 Å². The van der Waals surface area contributed by atoms with Gasteiger partial charge in [0.05, 0.1) is 52.9 Å². The first-order chi connectivity index (χ1) is 26.8. The van der Waals surface area contributed by atoms with Crippen LogP contribution in [0.1, 0.15) is 81.5 Å². The molecule has 3 aromatic carbocycles. The van der Waals surface area contributed by atoms with E-state index in [4.69, 9.17) is 48.2 Å². The summed E-state index contributed by atoms with van der Waals surface area (Å²) >= 11 is 7.62. The topological polar surface area (TPSA) is 78.7 Å². The Bertz CT molecular complexity index is 2260. The van der Waals surface area contributed by atoms with Crippen LogP contribution in [0.2, 0.25) is 5.02 Å². The predicted octanol–water partition coefficient (Wildman–Crippen LogP) is 8.48. The first-order valence-electron chi connectivity index (χ1n) is 20.6. The fourth-order valence-corrected chi connectivity index (χ4v) is 8.14. The molecule has 0 amide bonds. The van der Waals surface area contributed by atoms with Crippen LogP contribution in [-0.4, -0.2) is 70.2 Å². The van der Waals surface area contributed by atoms with E-state index >= 15 is 0 Å². The van der Waals surface area contributed by atoms with Crippen LogP contribution < -0.4 is 0 Å². The fraction of sp³-hybridized carbons (Fsp3) is 0.447. The summed E-state index contributed by atoms with van der Waals surface area (Å²) in [6.45, 7) is -4.72. The van der Waals surface area contributed by atoms with Crippen LogP contribution >= 0.6 is 22.9 Å². The Hall–Kier alpha value is -3.34. The lowest BCUT2D eigenvalue weighted by Crippen LogP contribution is -2.51. The van der Waals surface area contributed by atoms with Gasteiger partial charge in [-0.15, -0.1) is 11.3 Å². The first kappa shape index (κ1) is 23.9. The molecule has 2 saturated heterocycles. The molecule has 0 aliphatic carbocycles. The van der Waals surface area contributed by atoms with Gasteiger partial charge in [-0.1, -0.05) is 23.7 Å². The minimum Gasteiger partial charge on any atom is -0.464 e. The van der Waals surface area contributed by atoms with E-state index in [2.05, 4.69) is 11.0 Å². The Morgan fingerprint density at radius 3 is 2.52 bits per heavy atom. The van der Waals surface area contributed by atoms with Gasteiger partial charge >= 0.3 is 5.97 Å². The molecule has 8 nitrogen and oxygen atoms in total. The van der Waals surface area contributed by atoms with Gasteiger partial charge in [0, 0.05) is 52.4 Å². The summed E-state index contributed by atoms with van der Waals surface area (Å²) in [5.74, 6) is -0.867. The summed E-state index contributed by atoms with van der Waals surface area (Å²) < 4.78 is 93.3. The normalized spacial score (nSPS) is 20.8. The van der Waals surface area contributed by atoms with Crippen LogP contribution in [0.4, 0.5) is 0 Å². The Morgan fingerprint density at radius 2 is 1.85 bits per heavy atom. The second-order valence-electron chi connectivity index (χ2n) is 12.5. The number of aromatic nitrogens is 3. The van der Waals surface area contributed by atoms with E-state index in [-0.39, 0.29) is 18.1 Å². The summed E-state index contributed by atoms with van der Waals surface area (Å²) in [7, 11) is 1.94. The van der Waals surface area contributed by atoms with E-state index in [9.17, 15) is 4.79 Å². The van der Waals surface area contributed by atoms with Gasteiger partial charge in [-0.2, -0.15) is 5.10 Å². The molecule has 4 heterocycles. The smallest absolute Gasteiger partial charge is 0.339 e. The van der Waals surface area contributed by atoms with Crippen molar-refractivity contribution >= 4 is 50.0 Å². The average Bonchev–Trinajstić information content (AvgIpc) is 3.67. The molecule has 2 aliphatic rings. The third-order valence-corrected chi connectivity index (χ3v) is 10.7.